The quantitative estimate of drug-likeness (QED) is 0.270. The van der Waals surface area contributed by atoms with Gasteiger partial charge in [0.25, 0.3) is 5.91 Å². The number of halogens is 2. The highest BCUT2D eigenvalue weighted by Crippen LogP contribution is 2.41. The van der Waals surface area contributed by atoms with Crippen LogP contribution in [0.15, 0.2) is 73.1 Å². The number of piperidine rings is 1. The van der Waals surface area contributed by atoms with Crippen LogP contribution in [0.3, 0.4) is 0 Å². The number of ether oxygens (including phenoxy) is 1. The van der Waals surface area contributed by atoms with Crippen LogP contribution in [0.4, 0.5) is 8.78 Å². The molecule has 4 aromatic rings. The maximum absolute atomic E-state index is 14.6. The van der Waals surface area contributed by atoms with E-state index in [0.29, 0.717) is 55.0 Å². The largest absolute Gasteiger partial charge is 0.496 e. The third-order valence-electron chi connectivity index (χ3n) is 9.48. The van der Waals surface area contributed by atoms with Crippen LogP contribution in [0, 0.1) is 11.6 Å². The van der Waals surface area contributed by atoms with E-state index in [2.05, 4.69) is 25.7 Å². The molecule has 2 aliphatic heterocycles. The molecule has 0 aliphatic carbocycles. The topological polar surface area (TPSA) is 105 Å². The lowest BCUT2D eigenvalue weighted by molar-refractivity contribution is -0.112. The van der Waals surface area contributed by atoms with Crippen molar-refractivity contribution in [2.24, 2.45) is 0 Å². The molecule has 6 rings (SSSR count). The van der Waals surface area contributed by atoms with Crippen LogP contribution in [-0.2, 0) is 15.7 Å². The number of aromatic nitrogens is 4. The Morgan fingerprint density at radius 2 is 1.78 bits per heavy atom. The standard InChI is InChI=1S/C33H35F2N7O3/c1-45-30-10-8-26(42-22-37-38-39-42)20-27(30)31(44)41-18-12-32(21-41,25-7-9-28(34)29(35)19-25)11-15-40-16-13-33(14-17-40,36-23-43)24-5-3-2-4-6-24/h2-10,19-20,22-23H,11-18,21H2,1H3,(H,36,43). The summed E-state index contributed by atoms with van der Waals surface area (Å²) < 4.78 is 35.6. The molecule has 2 amide bonds. The minimum absolute atomic E-state index is 0.225. The molecule has 2 fully saturated rings. The number of rotatable bonds is 10. The summed E-state index contributed by atoms with van der Waals surface area (Å²) in [7, 11) is 1.51. The predicted octanol–water partition coefficient (Wildman–Crippen LogP) is 3.86. The van der Waals surface area contributed by atoms with Crippen molar-refractivity contribution in [1.82, 2.24) is 35.3 Å². The summed E-state index contributed by atoms with van der Waals surface area (Å²) in [5, 5.41) is 14.4. The highest BCUT2D eigenvalue weighted by molar-refractivity contribution is 5.97. The third-order valence-corrected chi connectivity index (χ3v) is 9.48. The minimum Gasteiger partial charge on any atom is -0.496 e. The lowest BCUT2D eigenvalue weighted by Gasteiger charge is -2.43. The van der Waals surface area contributed by atoms with Gasteiger partial charge in [-0.15, -0.1) is 5.10 Å². The van der Waals surface area contributed by atoms with Gasteiger partial charge in [-0.25, -0.2) is 13.5 Å². The lowest BCUT2D eigenvalue weighted by atomic mass is 9.76. The highest BCUT2D eigenvalue weighted by Gasteiger charge is 2.43. The van der Waals surface area contributed by atoms with E-state index in [4.69, 9.17) is 4.74 Å². The second-order valence-electron chi connectivity index (χ2n) is 11.8. The first-order valence-corrected chi connectivity index (χ1v) is 15.0. The Bertz CT molecular complexity index is 1650. The van der Waals surface area contributed by atoms with E-state index in [0.717, 1.165) is 44.0 Å². The van der Waals surface area contributed by atoms with Crippen molar-refractivity contribution < 1.29 is 23.1 Å². The lowest BCUT2D eigenvalue weighted by Crippen LogP contribution is -2.51. The summed E-state index contributed by atoms with van der Waals surface area (Å²) in [6.07, 6.45) is 4.94. The Morgan fingerprint density at radius 1 is 0.978 bits per heavy atom. The molecule has 234 valence electrons. The summed E-state index contributed by atoms with van der Waals surface area (Å²) in [6.45, 7) is 2.99. The highest BCUT2D eigenvalue weighted by atomic mass is 19.2. The van der Waals surface area contributed by atoms with Gasteiger partial charge in [-0.05, 0) is 84.1 Å². The van der Waals surface area contributed by atoms with Crippen molar-refractivity contribution in [3.8, 4) is 11.4 Å². The molecule has 10 nitrogen and oxygen atoms in total. The second-order valence-corrected chi connectivity index (χ2v) is 11.8. The fourth-order valence-corrected chi connectivity index (χ4v) is 6.83. The number of hydrogen-bond acceptors (Lipinski definition) is 7. The molecule has 12 heteroatoms. The van der Waals surface area contributed by atoms with Crippen LogP contribution < -0.4 is 10.1 Å². The predicted molar refractivity (Wildman–Crippen MR) is 162 cm³/mol. The van der Waals surface area contributed by atoms with Crippen LogP contribution in [-0.4, -0.2) is 82.2 Å². The van der Waals surface area contributed by atoms with Crippen molar-refractivity contribution in [3.05, 3.63) is 101 Å². The van der Waals surface area contributed by atoms with Gasteiger partial charge in [0.15, 0.2) is 11.6 Å². The Labute approximate surface area is 260 Å². The molecule has 3 heterocycles. The van der Waals surface area contributed by atoms with Gasteiger partial charge >= 0.3 is 0 Å². The van der Waals surface area contributed by atoms with E-state index in [9.17, 15) is 18.4 Å². The summed E-state index contributed by atoms with van der Waals surface area (Å²) in [5.74, 6) is -1.61. The molecule has 2 aliphatic rings. The monoisotopic (exact) mass is 615 g/mol. The van der Waals surface area contributed by atoms with Crippen molar-refractivity contribution in [3.63, 3.8) is 0 Å². The van der Waals surface area contributed by atoms with Gasteiger partial charge in [-0.3, -0.25) is 9.59 Å². The molecule has 1 N–H and O–H groups in total. The molecule has 1 unspecified atom stereocenters. The molecule has 1 atom stereocenters. The van der Waals surface area contributed by atoms with E-state index in [1.807, 2.05) is 30.3 Å². The molecule has 2 saturated heterocycles. The number of carbonyl (C=O) groups is 2. The van der Waals surface area contributed by atoms with Gasteiger partial charge in [0.1, 0.15) is 12.1 Å². The van der Waals surface area contributed by atoms with Gasteiger partial charge in [0, 0.05) is 31.6 Å². The van der Waals surface area contributed by atoms with Crippen LogP contribution >= 0.6 is 0 Å². The fourth-order valence-electron chi connectivity index (χ4n) is 6.83. The van der Waals surface area contributed by atoms with Gasteiger partial charge in [-0.2, -0.15) is 0 Å². The zero-order chi connectivity index (χ0) is 31.4. The van der Waals surface area contributed by atoms with Gasteiger partial charge in [-0.1, -0.05) is 36.4 Å². The van der Waals surface area contributed by atoms with E-state index >= 15 is 0 Å². The van der Waals surface area contributed by atoms with Crippen LogP contribution in [0.5, 0.6) is 5.75 Å². The number of benzene rings is 3. The van der Waals surface area contributed by atoms with E-state index in [-0.39, 0.29) is 5.91 Å². The number of likely N-dealkylation sites (tertiary alicyclic amines) is 2. The number of nitrogens with one attached hydrogen (secondary N) is 1. The maximum atomic E-state index is 14.6. The van der Waals surface area contributed by atoms with Gasteiger partial charge in [0.2, 0.25) is 6.41 Å². The Kier molecular flexibility index (Phi) is 8.57. The van der Waals surface area contributed by atoms with E-state index in [1.165, 1.54) is 24.2 Å². The van der Waals surface area contributed by atoms with Gasteiger partial charge in [0.05, 0.1) is 23.9 Å². The third kappa shape index (κ3) is 6.02. The van der Waals surface area contributed by atoms with Crippen molar-refractivity contribution in [2.75, 3.05) is 39.8 Å². The number of amides is 2. The number of carbonyl (C=O) groups excluding carboxylic acids is 2. The summed E-state index contributed by atoms with van der Waals surface area (Å²) in [5.41, 5.74) is 1.71. The first kappa shape index (κ1) is 30.3. The number of nitrogens with zero attached hydrogens (tertiary/aromatic N) is 6. The molecule has 0 radical (unpaired) electrons. The fraction of sp³-hybridized carbons (Fsp3) is 0.364. The zero-order valence-corrected chi connectivity index (χ0v) is 25.0. The van der Waals surface area contributed by atoms with Crippen molar-refractivity contribution in [2.45, 2.75) is 36.6 Å². The minimum atomic E-state index is -0.905. The van der Waals surface area contributed by atoms with Crippen molar-refractivity contribution >= 4 is 12.3 Å². The summed E-state index contributed by atoms with van der Waals surface area (Å²) in [4.78, 5) is 29.6. The van der Waals surface area contributed by atoms with E-state index < -0.39 is 22.6 Å². The van der Waals surface area contributed by atoms with Crippen LogP contribution in [0.25, 0.3) is 5.69 Å². The smallest absolute Gasteiger partial charge is 0.257 e. The van der Waals surface area contributed by atoms with Gasteiger partial charge < -0.3 is 19.9 Å². The molecule has 3 aromatic carbocycles. The second kappa shape index (κ2) is 12.7. The summed E-state index contributed by atoms with van der Waals surface area (Å²) in [6, 6.07) is 19.2. The summed E-state index contributed by atoms with van der Waals surface area (Å²) >= 11 is 0. The number of hydrogen-bond donors (Lipinski definition) is 1. The molecular formula is C33H35F2N7O3. The average Bonchev–Trinajstić information content (AvgIpc) is 3.78. The average molecular weight is 616 g/mol. The Balaban J connectivity index is 1.22. The molecular weight excluding hydrogens is 580 g/mol. The molecule has 1 aromatic heterocycles. The first-order chi connectivity index (χ1) is 21.9. The Morgan fingerprint density at radius 3 is 2.47 bits per heavy atom. The SMILES string of the molecule is COc1ccc(-n2cnnn2)cc1C(=O)N1CCC(CCN2CCC(NC=O)(c3ccccc3)CC2)(c2ccc(F)c(F)c2)C1. The molecule has 45 heavy (non-hydrogen) atoms. The van der Waals surface area contributed by atoms with Crippen LogP contribution in [0.1, 0.15) is 47.2 Å². The Hall–Kier alpha value is -4.71. The maximum Gasteiger partial charge on any atom is 0.257 e. The number of methoxy groups -OCH3 is 1. The van der Waals surface area contributed by atoms with Crippen molar-refractivity contribution in [1.29, 1.82) is 0 Å². The van der Waals surface area contributed by atoms with Crippen LogP contribution in [0.2, 0.25) is 0 Å². The number of tetrazole rings is 1. The molecule has 0 saturated carbocycles. The molecule has 0 spiro atoms. The normalized spacial score (nSPS) is 19.8. The van der Waals surface area contributed by atoms with E-state index in [1.54, 1.807) is 29.2 Å². The molecule has 0 bridgehead atoms. The first-order valence-electron chi connectivity index (χ1n) is 15.0. The zero-order valence-electron chi connectivity index (χ0n) is 25.0.